The van der Waals surface area contributed by atoms with Gasteiger partial charge in [0.2, 0.25) is 0 Å². The summed E-state index contributed by atoms with van der Waals surface area (Å²) in [7, 11) is 0. The van der Waals surface area contributed by atoms with Gasteiger partial charge in [-0.1, -0.05) is 24.3 Å². The lowest BCUT2D eigenvalue weighted by Crippen LogP contribution is -2.52. The van der Waals surface area contributed by atoms with Gasteiger partial charge in [0.15, 0.2) is 12.2 Å². The van der Waals surface area contributed by atoms with Gasteiger partial charge in [0, 0.05) is 26.2 Å². The SMILES string of the molecule is Fc1ccc(C2CCCN(C[C@H](O[C@@H](CN3CCCC(c4ccc(F)cc4)C3)C(F)(F)F)C(F)(F)F)C2)cc1. The third-order valence-electron chi connectivity index (χ3n) is 7.60. The molecule has 2 aromatic carbocycles. The first-order chi connectivity index (χ1) is 18.4. The molecule has 2 saturated heterocycles. The number of benzene rings is 2. The van der Waals surface area contributed by atoms with Crippen molar-refractivity contribution < 1.29 is 39.9 Å². The third kappa shape index (κ3) is 8.38. The summed E-state index contributed by atoms with van der Waals surface area (Å²) in [5.74, 6) is -1.15. The molecule has 2 heterocycles. The van der Waals surface area contributed by atoms with Crippen LogP contribution >= 0.6 is 0 Å². The molecule has 39 heavy (non-hydrogen) atoms. The lowest BCUT2D eigenvalue weighted by Gasteiger charge is -2.39. The van der Waals surface area contributed by atoms with Crippen LogP contribution in [0, 0.1) is 11.6 Å². The molecule has 2 fully saturated rings. The number of rotatable bonds is 8. The summed E-state index contributed by atoms with van der Waals surface area (Å²) in [6, 6.07) is 11.5. The Balaban J connectivity index is 1.42. The molecule has 0 N–H and O–H groups in total. The van der Waals surface area contributed by atoms with E-state index in [2.05, 4.69) is 0 Å². The first-order valence-electron chi connectivity index (χ1n) is 13.1. The summed E-state index contributed by atoms with van der Waals surface area (Å²) in [6.45, 7) is -0.406. The summed E-state index contributed by atoms with van der Waals surface area (Å²) in [5.41, 5.74) is 1.55. The van der Waals surface area contributed by atoms with Crippen LogP contribution in [0.15, 0.2) is 48.5 Å². The van der Waals surface area contributed by atoms with Crippen LogP contribution in [-0.4, -0.2) is 73.6 Å². The van der Waals surface area contributed by atoms with E-state index < -0.39 is 49.3 Å². The van der Waals surface area contributed by atoms with Crippen molar-refractivity contribution >= 4 is 0 Å². The molecule has 0 aliphatic carbocycles. The summed E-state index contributed by atoms with van der Waals surface area (Å²) < 4.78 is 115. The zero-order valence-electron chi connectivity index (χ0n) is 21.3. The smallest absolute Gasteiger partial charge is 0.353 e. The average molecular weight is 565 g/mol. The molecular weight excluding hydrogens is 532 g/mol. The van der Waals surface area contributed by atoms with E-state index >= 15 is 0 Å². The fourth-order valence-electron chi connectivity index (χ4n) is 5.57. The minimum Gasteiger partial charge on any atom is -0.353 e. The zero-order valence-corrected chi connectivity index (χ0v) is 21.3. The standard InChI is InChI=1S/C28H32F8N2O/c29-23-9-5-19(6-10-23)21-3-1-13-37(15-21)17-25(27(31,32)33)39-26(28(34,35)36)18-38-14-2-4-22(16-38)20-7-11-24(30)12-8-20/h5-12,21-22,25-26H,1-4,13-18H2/t21?,22?,25-,26-/m0/s1. The fraction of sp³-hybridized carbons (Fsp3) is 0.571. The van der Waals surface area contributed by atoms with Gasteiger partial charge in [-0.15, -0.1) is 0 Å². The summed E-state index contributed by atoms with van der Waals surface area (Å²) in [4.78, 5) is 2.96. The molecule has 2 unspecified atom stereocenters. The van der Waals surface area contributed by atoms with E-state index in [9.17, 15) is 35.1 Å². The molecule has 11 heteroatoms. The molecular formula is C28H32F8N2O. The minimum absolute atomic E-state index is 0.150. The number of piperidine rings is 2. The molecule has 0 aromatic heterocycles. The van der Waals surface area contributed by atoms with Crippen LogP contribution in [0.25, 0.3) is 0 Å². The van der Waals surface area contributed by atoms with Crippen LogP contribution < -0.4 is 0 Å². The van der Waals surface area contributed by atoms with Gasteiger partial charge in [-0.3, -0.25) is 9.80 Å². The zero-order chi connectivity index (χ0) is 28.2. The van der Waals surface area contributed by atoms with E-state index in [1.807, 2.05) is 0 Å². The van der Waals surface area contributed by atoms with Crippen LogP contribution in [0.4, 0.5) is 35.1 Å². The van der Waals surface area contributed by atoms with Gasteiger partial charge < -0.3 is 4.74 Å². The highest BCUT2D eigenvalue weighted by molar-refractivity contribution is 5.22. The monoisotopic (exact) mass is 564 g/mol. The molecule has 0 bridgehead atoms. The third-order valence-corrected chi connectivity index (χ3v) is 7.60. The van der Waals surface area contributed by atoms with Crippen molar-refractivity contribution in [2.24, 2.45) is 0 Å². The second-order valence-corrected chi connectivity index (χ2v) is 10.5. The number of alkyl halides is 6. The molecule has 0 spiro atoms. The molecule has 2 aromatic rings. The predicted octanol–water partition coefficient (Wildman–Crippen LogP) is 6.90. The molecule has 0 amide bonds. The maximum atomic E-state index is 14.0. The normalized spacial score (nSPS) is 23.5. The van der Waals surface area contributed by atoms with E-state index in [1.54, 1.807) is 24.3 Å². The molecule has 4 atom stereocenters. The van der Waals surface area contributed by atoms with Crippen LogP contribution in [0.1, 0.15) is 48.6 Å². The summed E-state index contributed by atoms with van der Waals surface area (Å²) in [6.07, 6.45) is -12.7. The minimum atomic E-state index is -5.00. The first kappa shape index (κ1) is 29.7. The molecule has 2 aliphatic heterocycles. The van der Waals surface area contributed by atoms with Gasteiger partial charge in [-0.25, -0.2) is 8.78 Å². The second kappa shape index (κ2) is 12.5. The van der Waals surface area contributed by atoms with Crippen molar-refractivity contribution in [1.29, 1.82) is 0 Å². The Labute approximate surface area is 222 Å². The van der Waals surface area contributed by atoms with Gasteiger partial charge in [-0.05, 0) is 86.0 Å². The molecule has 2 aliphatic rings. The van der Waals surface area contributed by atoms with Crippen molar-refractivity contribution in [3.05, 3.63) is 71.3 Å². The highest BCUT2D eigenvalue weighted by atomic mass is 19.4. The van der Waals surface area contributed by atoms with Gasteiger partial charge in [-0.2, -0.15) is 26.3 Å². The van der Waals surface area contributed by atoms with Crippen LogP contribution in [0.3, 0.4) is 0 Å². The van der Waals surface area contributed by atoms with Crippen LogP contribution in [0.5, 0.6) is 0 Å². The Kier molecular flexibility index (Phi) is 9.54. The lowest BCUT2D eigenvalue weighted by molar-refractivity contribution is -0.290. The number of hydrogen-bond donors (Lipinski definition) is 0. The maximum absolute atomic E-state index is 14.0. The van der Waals surface area contributed by atoms with E-state index in [1.165, 1.54) is 34.1 Å². The van der Waals surface area contributed by atoms with Crippen molar-refractivity contribution in [3.63, 3.8) is 0 Å². The summed E-state index contributed by atoms with van der Waals surface area (Å²) >= 11 is 0. The quantitative estimate of drug-likeness (QED) is 0.325. The largest absolute Gasteiger partial charge is 0.415 e. The van der Waals surface area contributed by atoms with E-state index in [0.29, 0.717) is 38.8 Å². The maximum Gasteiger partial charge on any atom is 0.415 e. The molecule has 0 saturated carbocycles. The predicted molar refractivity (Wildman–Crippen MR) is 130 cm³/mol. The van der Waals surface area contributed by atoms with E-state index in [0.717, 1.165) is 11.1 Å². The Morgan fingerprint density at radius 1 is 0.641 bits per heavy atom. The Bertz CT molecular complexity index is 958. The second-order valence-electron chi connectivity index (χ2n) is 10.5. The molecule has 3 nitrogen and oxygen atoms in total. The molecule has 216 valence electrons. The van der Waals surface area contributed by atoms with E-state index in [4.69, 9.17) is 4.74 Å². The van der Waals surface area contributed by atoms with Crippen LogP contribution in [-0.2, 0) is 4.74 Å². The summed E-state index contributed by atoms with van der Waals surface area (Å²) in [5, 5.41) is 0. The fourth-order valence-corrected chi connectivity index (χ4v) is 5.57. The highest BCUT2D eigenvalue weighted by Gasteiger charge is 2.50. The topological polar surface area (TPSA) is 15.7 Å². The van der Waals surface area contributed by atoms with Crippen molar-refractivity contribution in [2.75, 3.05) is 39.3 Å². The van der Waals surface area contributed by atoms with Gasteiger partial charge >= 0.3 is 12.4 Å². The number of halogens is 8. The highest BCUT2D eigenvalue weighted by Crippen LogP contribution is 2.34. The van der Waals surface area contributed by atoms with Crippen LogP contribution in [0.2, 0.25) is 0 Å². The number of ether oxygens (including phenoxy) is 1. The Morgan fingerprint density at radius 2 is 1.00 bits per heavy atom. The van der Waals surface area contributed by atoms with Crippen molar-refractivity contribution in [2.45, 2.75) is 62.1 Å². The molecule has 0 radical (unpaired) electrons. The van der Waals surface area contributed by atoms with Gasteiger partial charge in [0.1, 0.15) is 11.6 Å². The van der Waals surface area contributed by atoms with Gasteiger partial charge in [0.05, 0.1) is 0 Å². The number of hydrogen-bond acceptors (Lipinski definition) is 3. The molecule has 4 rings (SSSR count). The number of nitrogens with zero attached hydrogens (tertiary/aromatic N) is 2. The van der Waals surface area contributed by atoms with Crippen molar-refractivity contribution in [3.8, 4) is 0 Å². The Morgan fingerprint density at radius 3 is 1.33 bits per heavy atom. The van der Waals surface area contributed by atoms with E-state index in [-0.39, 0.29) is 24.9 Å². The Hall–Kier alpha value is -2.24. The number of likely N-dealkylation sites (tertiary alicyclic amines) is 2. The first-order valence-corrected chi connectivity index (χ1v) is 13.1. The average Bonchev–Trinajstić information content (AvgIpc) is 2.88. The lowest BCUT2D eigenvalue weighted by atomic mass is 9.90. The van der Waals surface area contributed by atoms with Crippen molar-refractivity contribution in [1.82, 2.24) is 9.80 Å². The van der Waals surface area contributed by atoms with Gasteiger partial charge in [0.25, 0.3) is 0 Å².